The van der Waals surface area contributed by atoms with Crippen molar-refractivity contribution < 1.29 is 9.59 Å². The molecule has 0 spiro atoms. The Bertz CT molecular complexity index is 1030. The summed E-state index contributed by atoms with van der Waals surface area (Å²) in [7, 11) is 0. The SMILES string of the molecule is CC[C@H](C)[C@@H]1N=C2c3ccccc3N=C(S[C@H](C)C(=O)Nc3ccccc3)N2C1=O. The van der Waals surface area contributed by atoms with Gasteiger partial charge in [0, 0.05) is 11.3 Å². The maximum absolute atomic E-state index is 13.2. The largest absolute Gasteiger partial charge is 0.325 e. The fourth-order valence-electron chi connectivity index (χ4n) is 3.42. The minimum atomic E-state index is -0.439. The molecule has 4 rings (SSSR count). The highest BCUT2D eigenvalue weighted by atomic mass is 32.2. The molecular formula is C23H24N4O2S. The first kappa shape index (κ1) is 20.3. The van der Waals surface area contributed by atoms with Gasteiger partial charge in [-0.3, -0.25) is 14.6 Å². The van der Waals surface area contributed by atoms with Crippen LogP contribution in [-0.2, 0) is 9.59 Å². The standard InChI is InChI=1S/C23H24N4O2S/c1-4-14(2)19-22(29)27-20(26-19)17-12-8-9-13-18(17)25-23(27)30-15(3)21(28)24-16-10-6-5-7-11-16/h5-15,19H,4H2,1-3H3,(H,24,28)/t14-,15+,19-/m0/s1. The topological polar surface area (TPSA) is 74.1 Å². The van der Waals surface area contributed by atoms with Crippen LogP contribution in [-0.4, -0.2) is 39.0 Å². The second kappa shape index (κ2) is 8.44. The van der Waals surface area contributed by atoms with Crippen LogP contribution in [0.1, 0.15) is 32.8 Å². The minimum Gasteiger partial charge on any atom is -0.325 e. The Hall–Kier alpha value is -2.93. The second-order valence-electron chi connectivity index (χ2n) is 7.48. The number of aliphatic imine (C=N–C) groups is 2. The Balaban J connectivity index is 1.61. The summed E-state index contributed by atoms with van der Waals surface area (Å²) in [5.74, 6) is 0.550. The first-order valence-electron chi connectivity index (χ1n) is 10.1. The summed E-state index contributed by atoms with van der Waals surface area (Å²) in [5, 5.41) is 2.97. The maximum atomic E-state index is 13.2. The molecule has 2 aliphatic rings. The fourth-order valence-corrected chi connectivity index (χ4v) is 4.33. The summed E-state index contributed by atoms with van der Waals surface area (Å²) < 4.78 is 0. The third-order valence-electron chi connectivity index (χ3n) is 5.37. The molecule has 2 heterocycles. The minimum absolute atomic E-state index is 0.0734. The first-order valence-corrected chi connectivity index (χ1v) is 11.0. The number of para-hydroxylation sites is 2. The molecule has 0 unspecified atom stereocenters. The number of thioether (sulfide) groups is 1. The first-order chi connectivity index (χ1) is 14.5. The van der Waals surface area contributed by atoms with E-state index < -0.39 is 11.3 Å². The average molecular weight is 421 g/mol. The average Bonchev–Trinajstić information content (AvgIpc) is 3.11. The van der Waals surface area contributed by atoms with Gasteiger partial charge in [-0.25, -0.2) is 9.89 Å². The van der Waals surface area contributed by atoms with Gasteiger partial charge in [0.1, 0.15) is 11.9 Å². The van der Waals surface area contributed by atoms with Gasteiger partial charge in [-0.15, -0.1) is 0 Å². The van der Waals surface area contributed by atoms with Crippen LogP contribution in [0.4, 0.5) is 11.4 Å². The van der Waals surface area contributed by atoms with E-state index in [2.05, 4.69) is 12.2 Å². The maximum Gasteiger partial charge on any atom is 0.259 e. The van der Waals surface area contributed by atoms with E-state index >= 15 is 0 Å². The van der Waals surface area contributed by atoms with Gasteiger partial charge in [0.05, 0.1) is 10.9 Å². The predicted octanol–water partition coefficient (Wildman–Crippen LogP) is 4.45. The third-order valence-corrected chi connectivity index (χ3v) is 6.43. The number of rotatable bonds is 5. The van der Waals surface area contributed by atoms with Crippen LogP contribution >= 0.6 is 11.8 Å². The zero-order chi connectivity index (χ0) is 21.3. The number of amides is 2. The molecular weight excluding hydrogens is 396 g/mol. The molecule has 2 aliphatic heterocycles. The molecule has 0 radical (unpaired) electrons. The van der Waals surface area contributed by atoms with Crippen LogP contribution in [0.15, 0.2) is 64.6 Å². The lowest BCUT2D eigenvalue weighted by Crippen LogP contribution is -2.43. The Morgan fingerprint density at radius 1 is 1.13 bits per heavy atom. The fraction of sp³-hybridized carbons (Fsp3) is 0.304. The summed E-state index contributed by atoms with van der Waals surface area (Å²) >= 11 is 1.28. The zero-order valence-electron chi connectivity index (χ0n) is 17.2. The van der Waals surface area contributed by atoms with Crippen molar-refractivity contribution in [1.82, 2.24) is 4.90 Å². The van der Waals surface area contributed by atoms with Crippen LogP contribution in [0.25, 0.3) is 0 Å². The Kier molecular flexibility index (Phi) is 5.72. The molecule has 30 heavy (non-hydrogen) atoms. The number of hydrogen-bond acceptors (Lipinski definition) is 5. The number of nitrogens with zero attached hydrogens (tertiary/aromatic N) is 3. The number of carbonyl (C=O) groups is 2. The van der Waals surface area contributed by atoms with Gasteiger partial charge in [-0.2, -0.15) is 0 Å². The molecule has 2 amide bonds. The van der Waals surface area contributed by atoms with E-state index in [9.17, 15) is 9.59 Å². The van der Waals surface area contributed by atoms with Gasteiger partial charge >= 0.3 is 0 Å². The van der Waals surface area contributed by atoms with Crippen LogP contribution in [0.3, 0.4) is 0 Å². The number of nitrogens with one attached hydrogen (secondary N) is 1. The molecule has 0 saturated heterocycles. The van der Waals surface area contributed by atoms with Crippen molar-refractivity contribution in [3.63, 3.8) is 0 Å². The molecule has 2 aromatic carbocycles. The molecule has 0 aliphatic carbocycles. The summed E-state index contributed by atoms with van der Waals surface area (Å²) in [5.41, 5.74) is 2.35. The van der Waals surface area contributed by atoms with Crippen molar-refractivity contribution in [2.24, 2.45) is 15.9 Å². The van der Waals surface area contributed by atoms with Crippen molar-refractivity contribution in [2.75, 3.05) is 5.32 Å². The molecule has 7 heteroatoms. The van der Waals surface area contributed by atoms with E-state index in [0.717, 1.165) is 23.4 Å². The van der Waals surface area contributed by atoms with E-state index in [1.807, 2.05) is 68.4 Å². The van der Waals surface area contributed by atoms with Gasteiger partial charge < -0.3 is 5.32 Å². The number of amidine groups is 2. The monoisotopic (exact) mass is 420 g/mol. The van der Waals surface area contributed by atoms with E-state index in [1.165, 1.54) is 11.8 Å². The molecule has 6 nitrogen and oxygen atoms in total. The molecule has 154 valence electrons. The van der Waals surface area contributed by atoms with E-state index in [-0.39, 0.29) is 17.7 Å². The lowest BCUT2D eigenvalue weighted by molar-refractivity contribution is -0.125. The zero-order valence-corrected chi connectivity index (χ0v) is 18.0. The van der Waals surface area contributed by atoms with E-state index in [0.29, 0.717) is 11.0 Å². The quantitative estimate of drug-likeness (QED) is 0.776. The lowest BCUT2D eigenvalue weighted by Gasteiger charge is -2.27. The smallest absolute Gasteiger partial charge is 0.259 e. The molecule has 2 aromatic rings. The second-order valence-corrected chi connectivity index (χ2v) is 8.79. The molecule has 3 atom stereocenters. The predicted molar refractivity (Wildman–Crippen MR) is 122 cm³/mol. The Labute approximate surface area is 180 Å². The Morgan fingerprint density at radius 2 is 1.83 bits per heavy atom. The highest BCUT2D eigenvalue weighted by molar-refractivity contribution is 8.15. The number of anilines is 1. The third kappa shape index (κ3) is 3.77. The normalized spacial score (nSPS) is 19.4. The van der Waals surface area contributed by atoms with Crippen molar-refractivity contribution in [3.8, 4) is 0 Å². The molecule has 0 saturated carbocycles. The van der Waals surface area contributed by atoms with Crippen LogP contribution in [0.2, 0.25) is 0 Å². The van der Waals surface area contributed by atoms with Crippen molar-refractivity contribution >= 4 is 46.0 Å². The van der Waals surface area contributed by atoms with Crippen LogP contribution in [0.5, 0.6) is 0 Å². The Morgan fingerprint density at radius 3 is 2.57 bits per heavy atom. The van der Waals surface area contributed by atoms with Crippen molar-refractivity contribution in [2.45, 2.75) is 38.5 Å². The highest BCUT2D eigenvalue weighted by Gasteiger charge is 2.43. The molecule has 0 fully saturated rings. The van der Waals surface area contributed by atoms with E-state index in [1.54, 1.807) is 4.90 Å². The summed E-state index contributed by atoms with van der Waals surface area (Å²) in [6.45, 7) is 5.91. The van der Waals surface area contributed by atoms with Crippen molar-refractivity contribution in [1.29, 1.82) is 0 Å². The number of fused-ring (bicyclic) bond motifs is 3. The van der Waals surface area contributed by atoms with Gasteiger partial charge in [0.25, 0.3) is 5.91 Å². The molecule has 1 N–H and O–H groups in total. The van der Waals surface area contributed by atoms with Crippen LogP contribution in [0, 0.1) is 5.92 Å². The van der Waals surface area contributed by atoms with Crippen molar-refractivity contribution in [3.05, 3.63) is 60.2 Å². The summed E-state index contributed by atoms with van der Waals surface area (Å²) in [6.07, 6.45) is 0.859. The van der Waals surface area contributed by atoms with Gasteiger partial charge in [0.2, 0.25) is 5.91 Å². The highest BCUT2D eigenvalue weighted by Crippen LogP contribution is 2.36. The number of hydrogen-bond donors (Lipinski definition) is 1. The summed E-state index contributed by atoms with van der Waals surface area (Å²) in [6, 6.07) is 16.6. The van der Waals surface area contributed by atoms with Gasteiger partial charge in [-0.1, -0.05) is 62.4 Å². The number of carbonyl (C=O) groups excluding carboxylic acids is 2. The van der Waals surface area contributed by atoms with Gasteiger partial charge in [-0.05, 0) is 37.1 Å². The number of benzene rings is 2. The molecule has 0 bridgehead atoms. The van der Waals surface area contributed by atoms with Crippen LogP contribution < -0.4 is 5.32 Å². The van der Waals surface area contributed by atoms with Gasteiger partial charge in [0.15, 0.2) is 5.17 Å². The summed E-state index contributed by atoms with van der Waals surface area (Å²) in [4.78, 5) is 37.0. The lowest BCUT2D eigenvalue weighted by atomic mass is 10.00. The van der Waals surface area contributed by atoms with E-state index in [4.69, 9.17) is 9.98 Å². The molecule has 0 aromatic heterocycles.